The van der Waals surface area contributed by atoms with Crippen molar-refractivity contribution in [2.24, 2.45) is 0 Å². The monoisotopic (exact) mass is 218 g/mol. The van der Waals surface area contributed by atoms with Crippen molar-refractivity contribution in [2.75, 3.05) is 47.5 Å². The maximum absolute atomic E-state index is 5.51. The maximum Gasteiger partial charge on any atom is 0.102 e. The van der Waals surface area contributed by atoms with Crippen molar-refractivity contribution in [3.05, 3.63) is 0 Å². The van der Waals surface area contributed by atoms with Gasteiger partial charge in [0.25, 0.3) is 0 Å². The molecule has 0 aliphatic rings. The molecule has 0 amide bonds. The van der Waals surface area contributed by atoms with Crippen molar-refractivity contribution in [3.63, 3.8) is 0 Å². The van der Waals surface area contributed by atoms with Crippen LogP contribution in [0.2, 0.25) is 0 Å². The van der Waals surface area contributed by atoms with Crippen LogP contribution in [0.25, 0.3) is 0 Å². The van der Waals surface area contributed by atoms with Crippen LogP contribution >= 0.6 is 0 Å². The van der Waals surface area contributed by atoms with Gasteiger partial charge >= 0.3 is 0 Å². The number of likely N-dealkylation sites (N-methyl/N-ethyl adjacent to an activating group) is 1. The Kier molecular flexibility index (Phi) is 8.02. The summed E-state index contributed by atoms with van der Waals surface area (Å²) in [5.74, 6) is 0. The Balaban J connectivity index is 3.40. The highest BCUT2D eigenvalue weighted by Gasteiger charge is 2.13. The molecule has 0 heterocycles. The van der Waals surface area contributed by atoms with E-state index in [2.05, 4.69) is 27.9 Å². The molecule has 0 saturated carbocycles. The average molecular weight is 218 g/mol. The van der Waals surface area contributed by atoms with Gasteiger partial charge in [0.2, 0.25) is 0 Å². The fraction of sp³-hybridized carbons (Fsp3) is 1.00. The maximum atomic E-state index is 5.51. The molecule has 0 bridgehead atoms. The Morgan fingerprint density at radius 2 is 1.67 bits per heavy atom. The first-order chi connectivity index (χ1) is 6.98. The largest absolute Gasteiger partial charge is 0.379 e. The van der Waals surface area contributed by atoms with E-state index in [9.17, 15) is 0 Å². The highest BCUT2D eigenvalue weighted by Crippen LogP contribution is 2.02. The van der Waals surface area contributed by atoms with Crippen LogP contribution in [0.4, 0.5) is 0 Å². The van der Waals surface area contributed by atoms with Gasteiger partial charge < -0.3 is 14.0 Å². The van der Waals surface area contributed by atoms with Gasteiger partial charge in [-0.05, 0) is 26.7 Å². The summed E-state index contributed by atoms with van der Waals surface area (Å²) in [6.45, 7) is 8.18. The lowest BCUT2D eigenvalue weighted by molar-refractivity contribution is -0.890. The van der Waals surface area contributed by atoms with Gasteiger partial charge in [0.15, 0.2) is 0 Å². The van der Waals surface area contributed by atoms with E-state index in [0.29, 0.717) is 6.10 Å². The minimum Gasteiger partial charge on any atom is -0.379 e. The van der Waals surface area contributed by atoms with Crippen LogP contribution in [0, 0.1) is 0 Å². The minimum atomic E-state index is 0.362. The van der Waals surface area contributed by atoms with E-state index < -0.39 is 0 Å². The zero-order chi connectivity index (χ0) is 11.7. The van der Waals surface area contributed by atoms with Crippen molar-refractivity contribution < 1.29 is 14.0 Å². The van der Waals surface area contributed by atoms with Crippen molar-refractivity contribution in [1.29, 1.82) is 0 Å². The van der Waals surface area contributed by atoms with E-state index in [0.717, 1.165) is 30.7 Å². The molecule has 92 valence electrons. The van der Waals surface area contributed by atoms with E-state index in [-0.39, 0.29) is 0 Å². The second-order valence-corrected chi connectivity index (χ2v) is 5.00. The summed E-state index contributed by atoms with van der Waals surface area (Å²) in [6, 6.07) is 0. The highest BCUT2D eigenvalue weighted by atomic mass is 16.5. The number of rotatable bonds is 9. The van der Waals surface area contributed by atoms with E-state index in [1.807, 2.05) is 0 Å². The lowest BCUT2D eigenvalue weighted by Crippen LogP contribution is -2.43. The summed E-state index contributed by atoms with van der Waals surface area (Å²) < 4.78 is 11.6. The SMILES string of the molecule is COCC[N+](C)(C)CCCCOC(C)C. The topological polar surface area (TPSA) is 18.5 Å². The normalized spacial score (nSPS) is 12.4. The van der Waals surface area contributed by atoms with Crippen LogP contribution in [0.15, 0.2) is 0 Å². The summed E-state index contributed by atoms with van der Waals surface area (Å²) in [5.41, 5.74) is 0. The molecule has 0 fully saturated rings. The average Bonchev–Trinajstić information content (AvgIpc) is 2.14. The number of nitrogens with zero attached hydrogens (tertiary/aromatic N) is 1. The number of quaternary nitrogens is 1. The van der Waals surface area contributed by atoms with Crippen LogP contribution in [0.5, 0.6) is 0 Å². The van der Waals surface area contributed by atoms with E-state index in [1.165, 1.54) is 13.0 Å². The second-order valence-electron chi connectivity index (χ2n) is 5.00. The van der Waals surface area contributed by atoms with Crippen LogP contribution in [0.1, 0.15) is 26.7 Å². The second kappa shape index (κ2) is 8.08. The fourth-order valence-corrected chi connectivity index (χ4v) is 1.41. The van der Waals surface area contributed by atoms with E-state index in [4.69, 9.17) is 9.47 Å². The van der Waals surface area contributed by atoms with Gasteiger partial charge in [-0.25, -0.2) is 0 Å². The standard InChI is InChI=1S/C12H28NO2/c1-12(2)15-10-7-6-8-13(3,4)9-11-14-5/h12H,6-11H2,1-5H3/q+1. The third-order valence-electron chi connectivity index (χ3n) is 2.51. The molecule has 0 aliphatic carbocycles. The lowest BCUT2D eigenvalue weighted by atomic mass is 10.3. The summed E-state index contributed by atoms with van der Waals surface area (Å²) in [7, 11) is 6.27. The Hall–Kier alpha value is -0.120. The molecule has 3 heteroatoms. The number of methoxy groups -OCH3 is 1. The third-order valence-corrected chi connectivity index (χ3v) is 2.51. The molecule has 0 aromatic heterocycles. The van der Waals surface area contributed by atoms with E-state index in [1.54, 1.807) is 7.11 Å². The van der Waals surface area contributed by atoms with Crippen molar-refractivity contribution in [3.8, 4) is 0 Å². The van der Waals surface area contributed by atoms with Crippen molar-refractivity contribution in [1.82, 2.24) is 0 Å². The number of unbranched alkanes of at least 4 members (excludes halogenated alkanes) is 1. The Morgan fingerprint density at radius 3 is 2.20 bits per heavy atom. The quantitative estimate of drug-likeness (QED) is 0.435. The fourth-order valence-electron chi connectivity index (χ4n) is 1.41. The molecule has 0 spiro atoms. The van der Waals surface area contributed by atoms with Crippen LogP contribution in [-0.4, -0.2) is 58.1 Å². The van der Waals surface area contributed by atoms with Gasteiger partial charge in [0, 0.05) is 13.7 Å². The Labute approximate surface area is 95.0 Å². The number of hydrogen-bond donors (Lipinski definition) is 0. The van der Waals surface area contributed by atoms with Crippen molar-refractivity contribution >= 4 is 0 Å². The summed E-state index contributed by atoms with van der Waals surface area (Å²) in [5, 5.41) is 0. The molecule has 0 atom stereocenters. The lowest BCUT2D eigenvalue weighted by Gasteiger charge is -2.29. The number of hydrogen-bond acceptors (Lipinski definition) is 2. The first-order valence-corrected chi connectivity index (χ1v) is 5.90. The molecule has 15 heavy (non-hydrogen) atoms. The highest BCUT2D eigenvalue weighted by molar-refractivity contribution is 4.42. The predicted octanol–water partition coefficient (Wildman–Crippen LogP) is 1.91. The first kappa shape index (κ1) is 14.9. The summed E-state index contributed by atoms with van der Waals surface area (Å²) in [4.78, 5) is 0. The van der Waals surface area contributed by atoms with Crippen molar-refractivity contribution in [2.45, 2.75) is 32.8 Å². The minimum absolute atomic E-state index is 0.362. The summed E-state index contributed by atoms with van der Waals surface area (Å²) in [6.07, 6.45) is 2.75. The molecule has 0 N–H and O–H groups in total. The molecule has 0 aliphatic heterocycles. The smallest absolute Gasteiger partial charge is 0.102 e. The zero-order valence-corrected chi connectivity index (χ0v) is 11.1. The molecule has 0 saturated heterocycles. The molecular formula is C12H28NO2+. The molecule has 3 nitrogen and oxygen atoms in total. The van der Waals surface area contributed by atoms with Gasteiger partial charge in [-0.15, -0.1) is 0 Å². The van der Waals surface area contributed by atoms with Gasteiger partial charge in [0.1, 0.15) is 6.54 Å². The van der Waals surface area contributed by atoms with Crippen LogP contribution in [-0.2, 0) is 9.47 Å². The van der Waals surface area contributed by atoms with Crippen LogP contribution in [0.3, 0.4) is 0 Å². The Bertz CT molecular complexity index is 147. The predicted molar refractivity (Wildman–Crippen MR) is 64.0 cm³/mol. The van der Waals surface area contributed by atoms with Gasteiger partial charge in [-0.2, -0.15) is 0 Å². The molecule has 0 radical (unpaired) electrons. The molecule has 0 rings (SSSR count). The van der Waals surface area contributed by atoms with Crippen LogP contribution < -0.4 is 0 Å². The van der Waals surface area contributed by atoms with Gasteiger partial charge in [-0.1, -0.05) is 0 Å². The molecule has 0 aromatic carbocycles. The Morgan fingerprint density at radius 1 is 1.00 bits per heavy atom. The molecule has 0 unspecified atom stereocenters. The zero-order valence-electron chi connectivity index (χ0n) is 11.1. The van der Waals surface area contributed by atoms with Gasteiger partial charge in [-0.3, -0.25) is 0 Å². The molecule has 0 aromatic rings. The molecular weight excluding hydrogens is 190 g/mol. The van der Waals surface area contributed by atoms with E-state index >= 15 is 0 Å². The number of ether oxygens (including phenoxy) is 2. The van der Waals surface area contributed by atoms with Gasteiger partial charge in [0.05, 0.1) is 33.4 Å². The first-order valence-electron chi connectivity index (χ1n) is 5.90. The summed E-state index contributed by atoms with van der Waals surface area (Å²) >= 11 is 0. The third kappa shape index (κ3) is 10.2.